The molecule has 0 aromatic heterocycles. The second kappa shape index (κ2) is 8.81. The number of nitrogens with zero attached hydrogens (tertiary/aromatic N) is 1. The molecule has 4 rings (SSSR count). The highest BCUT2D eigenvalue weighted by Gasteiger charge is 2.07. The number of benzene rings is 4. The van der Waals surface area contributed by atoms with E-state index in [0.717, 1.165) is 17.8 Å². The van der Waals surface area contributed by atoms with E-state index in [1.807, 2.05) is 6.07 Å². The van der Waals surface area contributed by atoms with E-state index < -0.39 is 0 Å². The van der Waals surface area contributed by atoms with Gasteiger partial charge in [-0.05, 0) is 53.3 Å². The summed E-state index contributed by atoms with van der Waals surface area (Å²) in [7, 11) is 4.14. The third-order valence-electron chi connectivity index (χ3n) is 4.91. The second-order valence-corrected chi connectivity index (χ2v) is 7.05. The van der Waals surface area contributed by atoms with Gasteiger partial charge in [0, 0.05) is 36.5 Å². The highest BCUT2D eigenvalue weighted by atomic mass is 35.5. The third kappa shape index (κ3) is 4.29. The van der Waals surface area contributed by atoms with Crippen LogP contribution in [0.15, 0.2) is 91.0 Å². The summed E-state index contributed by atoms with van der Waals surface area (Å²) < 4.78 is 0. The molecular formula is C25H25ClN2. The van der Waals surface area contributed by atoms with Gasteiger partial charge in [0.25, 0.3) is 0 Å². The van der Waals surface area contributed by atoms with Crippen molar-refractivity contribution in [3.8, 4) is 0 Å². The zero-order valence-electron chi connectivity index (χ0n) is 16.2. The van der Waals surface area contributed by atoms with Gasteiger partial charge in [0.1, 0.15) is 0 Å². The minimum absolute atomic E-state index is 0. The number of nitrogens with one attached hydrogen (secondary N) is 1. The van der Waals surface area contributed by atoms with E-state index in [1.165, 1.54) is 27.6 Å². The molecule has 0 aliphatic heterocycles. The molecular weight excluding hydrogens is 364 g/mol. The Morgan fingerprint density at radius 1 is 0.679 bits per heavy atom. The van der Waals surface area contributed by atoms with E-state index in [9.17, 15) is 0 Å². The standard InChI is InChI=1S/C25H24N2.ClH/c1-27(2)22-15-12-19(13-16-22)18-20-14-17-25(24-11-7-6-10-23(20)24)26-21-8-4-3-5-9-21;/h3-17,26H,18H2,1-2H3;1H. The average molecular weight is 389 g/mol. The van der Waals surface area contributed by atoms with Gasteiger partial charge < -0.3 is 10.2 Å². The van der Waals surface area contributed by atoms with Crippen molar-refractivity contribution in [3.05, 3.63) is 102 Å². The number of fused-ring (bicyclic) bond motifs is 1. The van der Waals surface area contributed by atoms with Crippen molar-refractivity contribution in [2.45, 2.75) is 6.42 Å². The van der Waals surface area contributed by atoms with Crippen LogP contribution in [0.5, 0.6) is 0 Å². The van der Waals surface area contributed by atoms with Gasteiger partial charge in [-0.1, -0.05) is 60.7 Å². The average Bonchev–Trinajstić information content (AvgIpc) is 2.71. The van der Waals surface area contributed by atoms with Crippen LogP contribution in [-0.2, 0) is 6.42 Å². The molecule has 0 saturated carbocycles. The van der Waals surface area contributed by atoms with Crippen molar-refractivity contribution in [3.63, 3.8) is 0 Å². The molecule has 0 saturated heterocycles. The van der Waals surface area contributed by atoms with Crippen LogP contribution in [0.1, 0.15) is 11.1 Å². The molecule has 2 nitrogen and oxygen atoms in total. The Morgan fingerprint density at radius 2 is 1.32 bits per heavy atom. The lowest BCUT2D eigenvalue weighted by atomic mass is 9.97. The number of rotatable bonds is 5. The predicted molar refractivity (Wildman–Crippen MR) is 124 cm³/mol. The van der Waals surface area contributed by atoms with Gasteiger partial charge in [0.15, 0.2) is 0 Å². The monoisotopic (exact) mass is 388 g/mol. The van der Waals surface area contributed by atoms with Crippen LogP contribution in [-0.4, -0.2) is 14.1 Å². The molecule has 0 radical (unpaired) electrons. The number of halogens is 1. The van der Waals surface area contributed by atoms with Crippen molar-refractivity contribution in [2.24, 2.45) is 0 Å². The van der Waals surface area contributed by atoms with Crippen molar-refractivity contribution in [1.82, 2.24) is 0 Å². The molecule has 3 heteroatoms. The molecule has 0 fully saturated rings. The maximum atomic E-state index is 3.55. The van der Waals surface area contributed by atoms with Gasteiger partial charge >= 0.3 is 0 Å². The first kappa shape index (κ1) is 19.8. The van der Waals surface area contributed by atoms with Crippen LogP contribution < -0.4 is 10.2 Å². The number of hydrogen-bond acceptors (Lipinski definition) is 2. The molecule has 0 bridgehead atoms. The number of anilines is 3. The Kier molecular flexibility index (Phi) is 6.23. The summed E-state index contributed by atoms with van der Waals surface area (Å²) >= 11 is 0. The van der Waals surface area contributed by atoms with Crippen LogP contribution >= 0.6 is 12.4 Å². The lowest BCUT2D eigenvalue weighted by Gasteiger charge is -2.15. The van der Waals surface area contributed by atoms with Crippen LogP contribution in [0.25, 0.3) is 10.8 Å². The molecule has 142 valence electrons. The molecule has 0 heterocycles. The molecule has 28 heavy (non-hydrogen) atoms. The fourth-order valence-corrected chi connectivity index (χ4v) is 3.43. The summed E-state index contributed by atoms with van der Waals surface area (Å²) in [6, 6.07) is 32.2. The second-order valence-electron chi connectivity index (χ2n) is 7.05. The first-order chi connectivity index (χ1) is 13.2. The van der Waals surface area contributed by atoms with Crippen molar-refractivity contribution >= 4 is 40.2 Å². The summed E-state index contributed by atoms with van der Waals surface area (Å²) in [4.78, 5) is 2.13. The summed E-state index contributed by atoms with van der Waals surface area (Å²) in [5.74, 6) is 0. The van der Waals surface area contributed by atoms with Gasteiger partial charge in [-0.3, -0.25) is 0 Å². The first-order valence-corrected chi connectivity index (χ1v) is 9.30. The molecule has 0 spiro atoms. The zero-order valence-corrected chi connectivity index (χ0v) is 17.0. The summed E-state index contributed by atoms with van der Waals surface area (Å²) in [5, 5.41) is 6.11. The van der Waals surface area contributed by atoms with Gasteiger partial charge in [0.05, 0.1) is 0 Å². The van der Waals surface area contributed by atoms with E-state index in [4.69, 9.17) is 0 Å². The van der Waals surface area contributed by atoms with E-state index in [2.05, 4.69) is 109 Å². The smallest absolute Gasteiger partial charge is 0.0464 e. The molecule has 4 aromatic rings. The predicted octanol–water partition coefficient (Wildman–Crippen LogP) is 6.66. The topological polar surface area (TPSA) is 15.3 Å². The Balaban J connectivity index is 0.00000225. The Morgan fingerprint density at radius 3 is 2.00 bits per heavy atom. The van der Waals surface area contributed by atoms with E-state index in [-0.39, 0.29) is 12.4 Å². The van der Waals surface area contributed by atoms with Gasteiger partial charge in [-0.25, -0.2) is 0 Å². The number of para-hydroxylation sites is 1. The molecule has 0 atom stereocenters. The maximum Gasteiger partial charge on any atom is 0.0464 e. The normalized spacial score (nSPS) is 10.4. The Hall–Kier alpha value is -2.97. The van der Waals surface area contributed by atoms with E-state index >= 15 is 0 Å². The third-order valence-corrected chi connectivity index (χ3v) is 4.91. The van der Waals surface area contributed by atoms with Crippen molar-refractivity contribution < 1.29 is 0 Å². The van der Waals surface area contributed by atoms with Crippen LogP contribution in [0.4, 0.5) is 17.1 Å². The zero-order chi connectivity index (χ0) is 18.6. The van der Waals surface area contributed by atoms with Gasteiger partial charge in [-0.15, -0.1) is 12.4 Å². The minimum Gasteiger partial charge on any atom is -0.378 e. The van der Waals surface area contributed by atoms with E-state index in [0.29, 0.717) is 0 Å². The molecule has 0 aliphatic carbocycles. The van der Waals surface area contributed by atoms with Gasteiger partial charge in [0.2, 0.25) is 0 Å². The summed E-state index contributed by atoms with van der Waals surface area (Å²) in [6.45, 7) is 0. The summed E-state index contributed by atoms with van der Waals surface area (Å²) in [6.07, 6.45) is 0.930. The molecule has 4 aromatic carbocycles. The summed E-state index contributed by atoms with van der Waals surface area (Å²) in [5.41, 5.74) is 6.15. The Bertz CT molecular complexity index is 1040. The van der Waals surface area contributed by atoms with Crippen molar-refractivity contribution in [2.75, 3.05) is 24.3 Å². The van der Waals surface area contributed by atoms with Gasteiger partial charge in [-0.2, -0.15) is 0 Å². The quantitative estimate of drug-likeness (QED) is 0.411. The van der Waals surface area contributed by atoms with Crippen LogP contribution in [0, 0.1) is 0 Å². The SMILES string of the molecule is CN(C)c1ccc(Cc2ccc(Nc3ccccc3)c3ccccc23)cc1.Cl. The highest BCUT2D eigenvalue weighted by Crippen LogP contribution is 2.30. The fraction of sp³-hybridized carbons (Fsp3) is 0.120. The van der Waals surface area contributed by atoms with E-state index in [1.54, 1.807) is 0 Å². The largest absolute Gasteiger partial charge is 0.378 e. The maximum absolute atomic E-state index is 3.55. The van der Waals surface area contributed by atoms with Crippen LogP contribution in [0.3, 0.4) is 0 Å². The first-order valence-electron chi connectivity index (χ1n) is 9.30. The lowest BCUT2D eigenvalue weighted by Crippen LogP contribution is -2.08. The lowest BCUT2D eigenvalue weighted by molar-refractivity contribution is 1.12. The molecule has 1 N–H and O–H groups in total. The molecule has 0 amide bonds. The fourth-order valence-electron chi connectivity index (χ4n) is 3.43. The minimum atomic E-state index is 0. The van der Waals surface area contributed by atoms with Crippen molar-refractivity contribution in [1.29, 1.82) is 0 Å². The van der Waals surface area contributed by atoms with Crippen LogP contribution in [0.2, 0.25) is 0 Å². The number of hydrogen-bond donors (Lipinski definition) is 1. The Labute approximate surface area is 173 Å². The highest BCUT2D eigenvalue weighted by molar-refractivity contribution is 5.97. The molecule has 0 aliphatic rings. The molecule has 0 unspecified atom stereocenters.